The van der Waals surface area contributed by atoms with E-state index in [0.29, 0.717) is 6.04 Å². The fourth-order valence-corrected chi connectivity index (χ4v) is 4.17. The van der Waals surface area contributed by atoms with Crippen molar-refractivity contribution in [3.63, 3.8) is 0 Å². The molecule has 152 valence electrons. The third-order valence-corrected chi connectivity index (χ3v) is 5.68. The first-order valence-corrected chi connectivity index (χ1v) is 10.4. The van der Waals surface area contributed by atoms with Crippen molar-refractivity contribution >= 4 is 28.4 Å². The van der Waals surface area contributed by atoms with Crippen LogP contribution in [-0.4, -0.2) is 65.6 Å². The summed E-state index contributed by atoms with van der Waals surface area (Å²) < 4.78 is 5.47. The number of piperidine rings is 1. The van der Waals surface area contributed by atoms with Crippen LogP contribution in [0.5, 0.6) is 0 Å². The van der Waals surface area contributed by atoms with Crippen LogP contribution in [0.3, 0.4) is 0 Å². The van der Waals surface area contributed by atoms with Crippen LogP contribution in [0.25, 0.3) is 10.9 Å². The van der Waals surface area contributed by atoms with Crippen LogP contribution >= 0.6 is 0 Å². The van der Waals surface area contributed by atoms with Crippen LogP contribution < -0.4 is 15.1 Å². The Morgan fingerprint density at radius 3 is 2.90 bits per heavy atom. The van der Waals surface area contributed by atoms with Crippen LogP contribution in [0, 0.1) is 6.92 Å². The van der Waals surface area contributed by atoms with Gasteiger partial charge in [0.1, 0.15) is 5.82 Å². The number of anilines is 3. The summed E-state index contributed by atoms with van der Waals surface area (Å²) in [5, 5.41) is 11.9. The number of benzene rings is 1. The van der Waals surface area contributed by atoms with E-state index >= 15 is 0 Å². The topological polar surface area (TPSA) is 82.2 Å². The van der Waals surface area contributed by atoms with Crippen molar-refractivity contribution < 1.29 is 4.74 Å². The van der Waals surface area contributed by atoms with Crippen LogP contribution in [0.4, 0.5) is 17.5 Å². The van der Waals surface area contributed by atoms with Gasteiger partial charge < -0.3 is 19.9 Å². The Labute approximate surface area is 170 Å². The SMILES string of the molecule is Cc1cc(N2CCCC(Nc3ccc4[nH]ncc4c3)C2)nc(N2CCOCC2)n1. The Bertz CT molecular complexity index is 982. The molecule has 8 heteroatoms. The summed E-state index contributed by atoms with van der Waals surface area (Å²) >= 11 is 0. The molecule has 0 radical (unpaired) electrons. The van der Waals surface area contributed by atoms with Gasteiger partial charge in [0.15, 0.2) is 0 Å². The summed E-state index contributed by atoms with van der Waals surface area (Å²) in [6.07, 6.45) is 4.16. The van der Waals surface area contributed by atoms with E-state index in [9.17, 15) is 0 Å². The zero-order valence-electron chi connectivity index (χ0n) is 16.8. The molecule has 0 spiro atoms. The quantitative estimate of drug-likeness (QED) is 0.705. The van der Waals surface area contributed by atoms with Crippen molar-refractivity contribution in [1.82, 2.24) is 20.2 Å². The fraction of sp³-hybridized carbons (Fsp3) is 0.476. The van der Waals surface area contributed by atoms with E-state index in [4.69, 9.17) is 9.72 Å². The lowest BCUT2D eigenvalue weighted by Crippen LogP contribution is -2.43. The first-order chi connectivity index (χ1) is 14.2. The molecule has 29 heavy (non-hydrogen) atoms. The van der Waals surface area contributed by atoms with Gasteiger partial charge in [-0.15, -0.1) is 0 Å². The highest BCUT2D eigenvalue weighted by atomic mass is 16.5. The number of fused-ring (bicyclic) bond motifs is 1. The second-order valence-corrected chi connectivity index (χ2v) is 7.87. The van der Waals surface area contributed by atoms with Crippen molar-refractivity contribution in [3.05, 3.63) is 36.2 Å². The van der Waals surface area contributed by atoms with E-state index in [1.54, 1.807) is 0 Å². The number of hydrogen-bond acceptors (Lipinski definition) is 7. The van der Waals surface area contributed by atoms with Gasteiger partial charge in [0, 0.05) is 55.1 Å². The van der Waals surface area contributed by atoms with Gasteiger partial charge in [-0.25, -0.2) is 4.98 Å². The first-order valence-electron chi connectivity index (χ1n) is 10.4. The van der Waals surface area contributed by atoms with Gasteiger partial charge in [-0.05, 0) is 38.0 Å². The first kappa shape index (κ1) is 18.2. The molecule has 2 saturated heterocycles. The highest BCUT2D eigenvalue weighted by Gasteiger charge is 2.23. The minimum absolute atomic E-state index is 0.384. The molecule has 0 bridgehead atoms. The normalized spacial score (nSPS) is 20.2. The number of nitrogens with one attached hydrogen (secondary N) is 2. The maximum Gasteiger partial charge on any atom is 0.227 e. The van der Waals surface area contributed by atoms with Crippen molar-refractivity contribution in [2.24, 2.45) is 0 Å². The van der Waals surface area contributed by atoms with Gasteiger partial charge in [-0.3, -0.25) is 5.10 Å². The number of aromatic amines is 1. The van der Waals surface area contributed by atoms with E-state index in [0.717, 1.165) is 86.3 Å². The number of aryl methyl sites for hydroxylation is 1. The molecule has 8 nitrogen and oxygen atoms in total. The highest BCUT2D eigenvalue weighted by molar-refractivity contribution is 5.81. The zero-order valence-corrected chi connectivity index (χ0v) is 16.8. The van der Waals surface area contributed by atoms with Gasteiger partial charge >= 0.3 is 0 Å². The maximum atomic E-state index is 5.47. The summed E-state index contributed by atoms with van der Waals surface area (Å²) in [6, 6.07) is 8.83. The van der Waals surface area contributed by atoms with E-state index in [-0.39, 0.29) is 0 Å². The van der Waals surface area contributed by atoms with E-state index < -0.39 is 0 Å². The maximum absolute atomic E-state index is 5.47. The van der Waals surface area contributed by atoms with Crippen LogP contribution in [0.2, 0.25) is 0 Å². The molecule has 2 fully saturated rings. The Hall–Kier alpha value is -2.87. The van der Waals surface area contributed by atoms with E-state index in [1.165, 1.54) is 0 Å². The second-order valence-electron chi connectivity index (χ2n) is 7.87. The van der Waals surface area contributed by atoms with Gasteiger partial charge in [-0.2, -0.15) is 10.1 Å². The van der Waals surface area contributed by atoms with Crippen LogP contribution in [-0.2, 0) is 4.74 Å². The number of nitrogens with zero attached hydrogens (tertiary/aromatic N) is 5. The molecule has 2 N–H and O–H groups in total. The molecule has 1 unspecified atom stereocenters. The molecule has 2 aliphatic rings. The molecule has 0 amide bonds. The highest BCUT2D eigenvalue weighted by Crippen LogP contribution is 2.24. The van der Waals surface area contributed by atoms with E-state index in [2.05, 4.69) is 61.5 Å². The van der Waals surface area contributed by atoms with Crippen molar-refractivity contribution in [2.45, 2.75) is 25.8 Å². The molecule has 0 saturated carbocycles. The Balaban J connectivity index is 1.31. The Morgan fingerprint density at radius 1 is 1.10 bits per heavy atom. The predicted molar refractivity (Wildman–Crippen MR) is 115 cm³/mol. The minimum atomic E-state index is 0.384. The van der Waals surface area contributed by atoms with Gasteiger partial charge in [0.2, 0.25) is 5.95 Å². The Kier molecular flexibility index (Phi) is 4.93. The number of hydrogen-bond donors (Lipinski definition) is 2. The lowest BCUT2D eigenvalue weighted by molar-refractivity contribution is 0.122. The Morgan fingerprint density at radius 2 is 2.00 bits per heavy atom. The average molecular weight is 393 g/mol. The molecule has 3 aromatic rings. The second kappa shape index (κ2) is 7.87. The van der Waals surface area contributed by atoms with E-state index in [1.807, 2.05) is 6.20 Å². The monoisotopic (exact) mass is 393 g/mol. The number of ether oxygens (including phenoxy) is 1. The van der Waals surface area contributed by atoms with Gasteiger partial charge in [-0.1, -0.05) is 0 Å². The summed E-state index contributed by atoms with van der Waals surface area (Å²) in [5.74, 6) is 1.85. The van der Waals surface area contributed by atoms with Crippen molar-refractivity contribution in [1.29, 1.82) is 0 Å². The molecule has 5 rings (SSSR count). The fourth-order valence-electron chi connectivity index (χ4n) is 4.17. The molecule has 2 aliphatic heterocycles. The number of rotatable bonds is 4. The molecule has 0 aliphatic carbocycles. The molecular formula is C21H27N7O. The summed E-state index contributed by atoms with van der Waals surface area (Å²) in [6.45, 7) is 7.19. The standard InChI is InChI=1S/C21H27N7O/c1-15-11-20(25-21(23-15)27-7-9-29-10-8-27)28-6-2-3-18(14-28)24-17-4-5-19-16(12-17)13-22-26-19/h4-5,11-13,18,24H,2-3,6-10,14H2,1H3,(H,22,26). The number of morpholine rings is 1. The molecular weight excluding hydrogens is 366 g/mol. The molecule has 2 aromatic heterocycles. The third kappa shape index (κ3) is 3.98. The lowest BCUT2D eigenvalue weighted by Gasteiger charge is -2.35. The third-order valence-electron chi connectivity index (χ3n) is 5.68. The molecule has 1 aromatic carbocycles. The zero-order chi connectivity index (χ0) is 19.6. The van der Waals surface area contributed by atoms with Gasteiger partial charge in [0.05, 0.1) is 24.9 Å². The number of H-pyrrole nitrogens is 1. The van der Waals surface area contributed by atoms with Crippen molar-refractivity contribution in [2.75, 3.05) is 54.5 Å². The lowest BCUT2D eigenvalue weighted by atomic mass is 10.0. The summed E-state index contributed by atoms with van der Waals surface area (Å²) in [5.41, 5.74) is 3.21. The number of aromatic nitrogens is 4. The summed E-state index contributed by atoms with van der Waals surface area (Å²) in [7, 11) is 0. The molecule has 1 atom stereocenters. The minimum Gasteiger partial charge on any atom is -0.381 e. The molecule has 4 heterocycles. The smallest absolute Gasteiger partial charge is 0.227 e. The predicted octanol–water partition coefficient (Wildman–Crippen LogP) is 2.58. The largest absolute Gasteiger partial charge is 0.381 e. The van der Waals surface area contributed by atoms with Gasteiger partial charge in [0.25, 0.3) is 0 Å². The van der Waals surface area contributed by atoms with Crippen molar-refractivity contribution in [3.8, 4) is 0 Å². The summed E-state index contributed by atoms with van der Waals surface area (Å²) in [4.78, 5) is 14.2. The van der Waals surface area contributed by atoms with Crippen LogP contribution in [0.15, 0.2) is 30.5 Å². The average Bonchev–Trinajstić information content (AvgIpc) is 3.22. The van der Waals surface area contributed by atoms with Crippen LogP contribution in [0.1, 0.15) is 18.5 Å².